The number of para-hydroxylation sites is 4. The van der Waals surface area contributed by atoms with Gasteiger partial charge in [0.25, 0.3) is 5.69 Å². The number of nitro groups is 1. The zero-order valence-corrected chi connectivity index (χ0v) is 51.8. The molecule has 8 aromatic carbocycles. The summed E-state index contributed by atoms with van der Waals surface area (Å²) in [5, 5.41) is 35.8. The first-order chi connectivity index (χ1) is 46.9. The predicted molar refractivity (Wildman–Crippen MR) is 375 cm³/mol. The van der Waals surface area contributed by atoms with E-state index in [2.05, 4.69) is 12.1 Å². The number of benzene rings is 8. The van der Waals surface area contributed by atoms with Gasteiger partial charge in [0.05, 0.1) is 50.4 Å². The van der Waals surface area contributed by atoms with E-state index in [1.807, 2.05) is 306 Å². The van der Waals surface area contributed by atoms with Crippen LogP contribution in [0.5, 0.6) is 0 Å². The van der Waals surface area contributed by atoms with Crippen LogP contribution in [0.3, 0.4) is 0 Å². The fourth-order valence-electron chi connectivity index (χ4n) is 12.7. The van der Waals surface area contributed by atoms with Gasteiger partial charge < -0.3 is 9.97 Å². The topological polar surface area (TPSA) is 168 Å². The molecule has 0 saturated heterocycles. The second-order valence-electron chi connectivity index (χ2n) is 22.9. The Hall–Kier alpha value is -12.9. The van der Waals surface area contributed by atoms with Crippen molar-refractivity contribution in [2.24, 2.45) is 0 Å². The molecule has 0 spiro atoms. The van der Waals surface area contributed by atoms with E-state index in [4.69, 9.17) is 40.3 Å². The first-order valence-electron chi connectivity index (χ1n) is 31.0. The van der Waals surface area contributed by atoms with Gasteiger partial charge in [0.15, 0.2) is 0 Å². The Bertz CT molecular complexity index is 5660. The van der Waals surface area contributed by atoms with E-state index in [0.29, 0.717) is 90.0 Å². The zero-order valence-electron chi connectivity index (χ0n) is 50.9. The third-order valence-electron chi connectivity index (χ3n) is 17.1. The molecule has 2 aliphatic rings. The average Bonchev–Trinajstić information content (AvgIpc) is 1.59. The van der Waals surface area contributed by atoms with Gasteiger partial charge in [-0.15, -0.1) is 16.6 Å². The minimum Gasteiger partial charge on any atom is -0.657 e. The minimum absolute atomic E-state index is 0. The monoisotopic (exact) mass is 1290 g/mol. The third kappa shape index (κ3) is 10.6. The van der Waals surface area contributed by atoms with Crippen molar-refractivity contribution in [3.63, 3.8) is 0 Å². The van der Waals surface area contributed by atoms with Crippen LogP contribution in [0, 0.1) is 10.1 Å². The second-order valence-corrected chi connectivity index (χ2v) is 22.9. The van der Waals surface area contributed by atoms with E-state index in [-0.39, 0.29) is 38.7 Å². The summed E-state index contributed by atoms with van der Waals surface area (Å²) in [6, 6.07) is 85.3. The van der Waals surface area contributed by atoms with Crippen molar-refractivity contribution < 1.29 is 22.0 Å². The molecule has 459 valence electrons. The van der Waals surface area contributed by atoms with Crippen molar-refractivity contribution in [1.82, 2.24) is 59.1 Å². The molecule has 0 N–H and O–H groups in total. The van der Waals surface area contributed by atoms with Crippen molar-refractivity contribution in [3.8, 4) is 112 Å². The van der Waals surface area contributed by atoms with Gasteiger partial charge in [0.1, 0.15) is 22.8 Å². The largest absolute Gasteiger partial charge is 2.00 e. The van der Waals surface area contributed by atoms with E-state index in [0.717, 1.165) is 56.1 Å². The van der Waals surface area contributed by atoms with Gasteiger partial charge in [0, 0.05) is 80.9 Å². The molecular formula is C80H51CuN13O2. The van der Waals surface area contributed by atoms with E-state index in [1.54, 1.807) is 10.7 Å². The maximum atomic E-state index is 14.4. The number of aromatic nitrogens is 12. The van der Waals surface area contributed by atoms with Crippen molar-refractivity contribution in [2.45, 2.75) is 0 Å². The standard InChI is InChI=1S/C80H51N13O2.Cu/c94-93(95)71-47-70-74(62-50-91(58-37-21-7-22-38-58)87-78(62)54-29-13-3-14-30-54)68-44-43-66(82-68)72(60-48-89(56-33-17-5-18-34-56)85-76(60)52-25-9-1-10-26-52)64-41-42-65(81-64)73(61-49-90(57-35-19-6-20-36-57)86-77(61)53-27-11-2-12-28-53)67-45-46-69(83-67)75(80(71)84-70)63-51-92(59-39-23-8-24-40-59)88-79(63)55-31-15-4-16-32-55;/h1-51H;/q-2;+2. The van der Waals surface area contributed by atoms with Gasteiger partial charge in [-0.05, 0) is 95.0 Å². The molecule has 0 saturated carbocycles. The quantitative estimate of drug-likeness (QED) is 0.0615. The van der Waals surface area contributed by atoms with Crippen LogP contribution in [0.4, 0.5) is 5.69 Å². The minimum atomic E-state index is -0.362. The number of hydrogen-bond donors (Lipinski definition) is 0. The Morgan fingerprint density at radius 3 is 0.865 bits per heavy atom. The summed E-state index contributed by atoms with van der Waals surface area (Å²) in [7, 11) is 0. The van der Waals surface area contributed by atoms with Crippen LogP contribution in [0.1, 0.15) is 22.8 Å². The van der Waals surface area contributed by atoms with Gasteiger partial charge in [0.2, 0.25) is 0 Å². The van der Waals surface area contributed by atoms with E-state index < -0.39 is 0 Å². The number of hydrogen-bond acceptors (Lipinski definition) is 8. The summed E-state index contributed by atoms with van der Waals surface area (Å²) in [4.78, 5) is 36.8. The summed E-state index contributed by atoms with van der Waals surface area (Å²) in [6.45, 7) is 0. The molecule has 15 aromatic rings. The Labute approximate surface area is 560 Å². The molecule has 2 aliphatic heterocycles. The molecule has 9 heterocycles. The van der Waals surface area contributed by atoms with Crippen molar-refractivity contribution in [3.05, 3.63) is 319 Å². The molecule has 1 radical (unpaired) electrons. The number of nitrogens with zero attached hydrogens (tertiary/aromatic N) is 13. The summed E-state index contributed by atoms with van der Waals surface area (Å²) in [6.07, 6.45) is 15.8. The van der Waals surface area contributed by atoms with Gasteiger partial charge in [-0.2, -0.15) is 20.4 Å². The van der Waals surface area contributed by atoms with Crippen molar-refractivity contribution in [1.29, 1.82) is 0 Å². The molecule has 16 heteroatoms. The first-order valence-corrected chi connectivity index (χ1v) is 31.0. The second kappa shape index (κ2) is 24.6. The number of rotatable bonds is 13. The Morgan fingerprint density at radius 2 is 0.573 bits per heavy atom. The average molecular weight is 1290 g/mol. The third-order valence-corrected chi connectivity index (χ3v) is 17.1. The van der Waals surface area contributed by atoms with Crippen LogP contribution >= 0.6 is 0 Å². The van der Waals surface area contributed by atoms with Gasteiger partial charge in [-0.1, -0.05) is 206 Å². The maximum Gasteiger partial charge on any atom is 2.00 e. The molecule has 15 nitrogen and oxygen atoms in total. The summed E-state index contributed by atoms with van der Waals surface area (Å²) < 4.78 is 7.42. The van der Waals surface area contributed by atoms with Crippen LogP contribution in [-0.2, 0) is 17.1 Å². The van der Waals surface area contributed by atoms with Crippen LogP contribution in [0.15, 0.2) is 286 Å². The molecule has 7 aromatic heterocycles. The Morgan fingerprint density at radius 1 is 0.312 bits per heavy atom. The Balaban J connectivity index is 0.00000725. The molecule has 0 amide bonds. The summed E-state index contributed by atoms with van der Waals surface area (Å²) in [5.41, 5.74) is 17.3. The molecular weight excluding hydrogens is 1240 g/mol. The smallest absolute Gasteiger partial charge is 0.657 e. The maximum absolute atomic E-state index is 14.4. The fraction of sp³-hybridized carbons (Fsp3) is 0. The molecule has 0 unspecified atom stereocenters. The van der Waals surface area contributed by atoms with E-state index in [1.165, 1.54) is 0 Å². The van der Waals surface area contributed by atoms with Crippen LogP contribution in [-0.4, -0.2) is 54.0 Å². The van der Waals surface area contributed by atoms with E-state index >= 15 is 0 Å². The van der Waals surface area contributed by atoms with Crippen LogP contribution in [0.2, 0.25) is 0 Å². The zero-order chi connectivity index (χ0) is 63.3. The summed E-state index contributed by atoms with van der Waals surface area (Å²) in [5.74, 6) is 0. The molecule has 96 heavy (non-hydrogen) atoms. The number of fused-ring (bicyclic) bond motifs is 8. The molecule has 0 fully saturated rings. The van der Waals surface area contributed by atoms with Gasteiger partial charge in [-0.3, -0.25) is 10.1 Å². The van der Waals surface area contributed by atoms with Crippen molar-refractivity contribution in [2.75, 3.05) is 0 Å². The van der Waals surface area contributed by atoms with Gasteiger partial charge >= 0.3 is 17.1 Å². The molecule has 17 rings (SSSR count). The summed E-state index contributed by atoms with van der Waals surface area (Å²) >= 11 is 0. The first kappa shape index (κ1) is 58.2. The normalized spacial score (nSPS) is 11.7. The van der Waals surface area contributed by atoms with Crippen molar-refractivity contribution >= 4 is 52.1 Å². The fourth-order valence-corrected chi connectivity index (χ4v) is 12.7. The van der Waals surface area contributed by atoms with Crippen LogP contribution in [0.25, 0.3) is 159 Å². The Kier molecular flexibility index (Phi) is 14.9. The molecule has 0 atom stereocenters. The SMILES string of the molecule is O=[N+]([O-])c1cc2[n-]c1c(-c1cn(-c3ccccc3)nc1-c1ccccc1)c1nc(c(-c3cn(-c4ccccc4)nc3-c3ccccc3)c3ccc([n-]3)c(-c3cn(-c4ccccc4)nc3-c3ccccc3)c3nc(c2-c2cn(-c4ccccc4)nc2-c2ccccc2)C=C3)C=C1.[Cu+2]. The van der Waals surface area contributed by atoms with Crippen LogP contribution < -0.4 is 9.97 Å². The van der Waals surface area contributed by atoms with Gasteiger partial charge in [-0.25, -0.2) is 28.7 Å². The predicted octanol–water partition coefficient (Wildman–Crippen LogP) is 17.9. The molecule has 0 aliphatic carbocycles. The molecule has 8 bridgehead atoms. The van der Waals surface area contributed by atoms with E-state index in [9.17, 15) is 10.1 Å².